The molecule has 3 rings (SSSR count). The Hall–Kier alpha value is -4.26. The molecular weight excluding hydrogens is 667 g/mol. The maximum atomic E-state index is 12.1. The van der Waals surface area contributed by atoms with Gasteiger partial charge in [0.15, 0.2) is 5.82 Å². The number of nitriles is 1. The van der Waals surface area contributed by atoms with E-state index in [4.69, 9.17) is 9.11 Å². The van der Waals surface area contributed by atoms with Gasteiger partial charge in [-0.2, -0.15) is 35.6 Å². The molecule has 20 heteroatoms. The van der Waals surface area contributed by atoms with Crippen LogP contribution in [0.5, 0.6) is 0 Å². The molecular formula is C26H31N7O10S3. The van der Waals surface area contributed by atoms with Gasteiger partial charge < -0.3 is 10.2 Å². The summed E-state index contributed by atoms with van der Waals surface area (Å²) in [6, 6.07) is 11.7. The number of nitrogens with one attached hydrogen (secondary N) is 1. The van der Waals surface area contributed by atoms with Crippen LogP contribution >= 0.6 is 0 Å². The molecule has 3 aromatic rings. The van der Waals surface area contributed by atoms with E-state index < -0.39 is 47.8 Å². The van der Waals surface area contributed by atoms with Crippen molar-refractivity contribution in [3.05, 3.63) is 54.2 Å². The fraction of sp³-hybridized carbons (Fsp3) is 0.346. The lowest BCUT2D eigenvalue weighted by Gasteiger charge is -2.26. The SMILES string of the molecule is CC(=O)Nc1cc(N(CCCCS(=O)(=O)O)CCCCS(=O)(=O)O)ccc1N=Nc1c(C#N)cnn1-c1ccc(S(=O)(=O)O)cc1. The zero-order valence-electron chi connectivity index (χ0n) is 24.4. The van der Waals surface area contributed by atoms with E-state index in [-0.39, 0.29) is 40.5 Å². The van der Waals surface area contributed by atoms with Crippen molar-refractivity contribution < 1.29 is 43.7 Å². The second kappa shape index (κ2) is 15.4. The maximum Gasteiger partial charge on any atom is 0.294 e. The number of benzene rings is 2. The molecule has 4 N–H and O–H groups in total. The number of hydrogen-bond donors (Lipinski definition) is 4. The Morgan fingerprint density at radius 2 is 1.50 bits per heavy atom. The fourth-order valence-electron chi connectivity index (χ4n) is 4.21. The average molecular weight is 698 g/mol. The standard InChI is InChI=1S/C26H31N7O10S3/c1-19(34)29-25-16-22(32(12-2-4-14-44(35,36)37)13-3-5-15-45(38,39)40)8-11-24(25)30-31-26-20(17-27)18-28-33(26)21-6-9-23(10-7-21)46(41,42)43/h6-11,16,18H,2-5,12-15H2,1H3,(H,29,34)(H,35,36,37)(H,38,39,40)(H,41,42,43). The molecule has 0 atom stereocenters. The van der Waals surface area contributed by atoms with Crippen molar-refractivity contribution in [2.45, 2.75) is 37.5 Å². The summed E-state index contributed by atoms with van der Waals surface area (Å²) in [6.45, 7) is 1.89. The monoisotopic (exact) mass is 697 g/mol. The number of carbonyl (C=O) groups is 1. The van der Waals surface area contributed by atoms with Crippen LogP contribution in [0.4, 0.5) is 22.9 Å². The first kappa shape index (κ1) is 36.2. The Bertz CT molecular complexity index is 1910. The molecule has 17 nitrogen and oxygen atoms in total. The molecule has 0 radical (unpaired) electrons. The van der Waals surface area contributed by atoms with Crippen LogP contribution in [0.25, 0.3) is 5.69 Å². The highest BCUT2D eigenvalue weighted by Gasteiger charge is 2.16. The second-order valence-electron chi connectivity index (χ2n) is 9.93. The van der Waals surface area contributed by atoms with Crippen LogP contribution in [-0.4, -0.2) is 79.2 Å². The van der Waals surface area contributed by atoms with Gasteiger partial charge in [-0.3, -0.25) is 18.5 Å². The van der Waals surface area contributed by atoms with Crippen LogP contribution in [0.2, 0.25) is 0 Å². The molecule has 46 heavy (non-hydrogen) atoms. The Labute approximate surface area is 265 Å². The summed E-state index contributed by atoms with van der Waals surface area (Å²) in [5.74, 6) is -1.33. The third kappa shape index (κ3) is 11.3. The van der Waals surface area contributed by atoms with Gasteiger partial charge in [0.05, 0.1) is 34.0 Å². The fourth-order valence-corrected chi connectivity index (χ4v) is 5.83. The molecule has 248 valence electrons. The van der Waals surface area contributed by atoms with Crippen molar-refractivity contribution in [2.24, 2.45) is 10.2 Å². The first-order chi connectivity index (χ1) is 21.5. The normalized spacial score (nSPS) is 12.2. The molecule has 0 fully saturated rings. The van der Waals surface area contributed by atoms with Crippen LogP contribution in [-0.2, 0) is 35.1 Å². The smallest absolute Gasteiger partial charge is 0.294 e. The van der Waals surface area contributed by atoms with E-state index in [1.54, 1.807) is 12.1 Å². The van der Waals surface area contributed by atoms with Crippen molar-refractivity contribution in [1.82, 2.24) is 9.78 Å². The highest BCUT2D eigenvalue weighted by atomic mass is 32.2. The average Bonchev–Trinajstić information content (AvgIpc) is 3.36. The van der Waals surface area contributed by atoms with Crippen molar-refractivity contribution in [3.8, 4) is 11.8 Å². The van der Waals surface area contributed by atoms with Gasteiger partial charge in [0.1, 0.15) is 17.3 Å². The number of amides is 1. The zero-order chi connectivity index (χ0) is 34.1. The predicted octanol–water partition coefficient (Wildman–Crippen LogP) is 3.51. The van der Waals surface area contributed by atoms with Gasteiger partial charge in [-0.05, 0) is 68.1 Å². The van der Waals surface area contributed by atoms with Crippen LogP contribution in [0, 0.1) is 11.3 Å². The van der Waals surface area contributed by atoms with E-state index in [2.05, 4.69) is 20.6 Å². The van der Waals surface area contributed by atoms with E-state index in [1.165, 1.54) is 36.0 Å². The summed E-state index contributed by atoms with van der Waals surface area (Å²) < 4.78 is 95.8. The summed E-state index contributed by atoms with van der Waals surface area (Å²) in [4.78, 5) is 13.5. The minimum absolute atomic E-state index is 0.0146. The number of hydrogen-bond acceptors (Lipinski definition) is 12. The molecule has 1 amide bonds. The maximum absolute atomic E-state index is 12.1. The lowest BCUT2D eigenvalue weighted by Crippen LogP contribution is -2.26. The van der Waals surface area contributed by atoms with Gasteiger partial charge in [-0.1, -0.05) is 0 Å². The van der Waals surface area contributed by atoms with E-state index in [9.17, 15) is 39.9 Å². The van der Waals surface area contributed by atoms with Gasteiger partial charge in [-0.25, -0.2) is 4.68 Å². The van der Waals surface area contributed by atoms with Gasteiger partial charge in [0.25, 0.3) is 30.4 Å². The Balaban J connectivity index is 1.94. The highest BCUT2D eigenvalue weighted by Crippen LogP contribution is 2.33. The summed E-state index contributed by atoms with van der Waals surface area (Å²) in [7, 11) is -12.7. The number of azo groups is 1. The molecule has 2 aromatic carbocycles. The number of aromatic nitrogens is 2. The van der Waals surface area contributed by atoms with Crippen molar-refractivity contribution >= 4 is 59.1 Å². The van der Waals surface area contributed by atoms with Gasteiger partial charge >= 0.3 is 0 Å². The molecule has 0 spiro atoms. The number of anilines is 2. The first-order valence-corrected chi connectivity index (χ1v) is 18.2. The Kier molecular flexibility index (Phi) is 12.1. The quantitative estimate of drug-likeness (QED) is 0.0950. The lowest BCUT2D eigenvalue weighted by atomic mass is 10.2. The van der Waals surface area contributed by atoms with E-state index in [0.717, 1.165) is 12.1 Å². The van der Waals surface area contributed by atoms with E-state index >= 15 is 0 Å². The summed E-state index contributed by atoms with van der Waals surface area (Å²) in [5.41, 5.74) is 1.29. The van der Waals surface area contributed by atoms with Crippen molar-refractivity contribution in [1.29, 1.82) is 5.26 Å². The number of unbranched alkanes of at least 4 members (excludes halogenated alkanes) is 2. The summed E-state index contributed by atoms with van der Waals surface area (Å²) in [6.07, 6.45) is 2.23. The zero-order valence-corrected chi connectivity index (χ0v) is 26.8. The number of nitrogens with zero attached hydrogens (tertiary/aromatic N) is 6. The first-order valence-electron chi connectivity index (χ1n) is 13.5. The summed E-state index contributed by atoms with van der Waals surface area (Å²) >= 11 is 0. The number of carbonyl (C=O) groups excluding carboxylic acids is 1. The molecule has 0 saturated carbocycles. The third-order valence-electron chi connectivity index (χ3n) is 6.31. The Morgan fingerprint density at radius 3 is 2.00 bits per heavy atom. The summed E-state index contributed by atoms with van der Waals surface area (Å²) in [5, 5.41) is 24.7. The largest absolute Gasteiger partial charge is 0.371 e. The van der Waals surface area contributed by atoms with Gasteiger partial charge in [-0.15, -0.1) is 10.2 Å². The van der Waals surface area contributed by atoms with Crippen LogP contribution in [0.3, 0.4) is 0 Å². The van der Waals surface area contributed by atoms with Crippen LogP contribution in [0.15, 0.2) is 63.8 Å². The topological polar surface area (TPSA) is 262 Å². The van der Waals surface area contributed by atoms with E-state index in [0.29, 0.717) is 37.3 Å². The highest BCUT2D eigenvalue weighted by molar-refractivity contribution is 7.86. The minimum Gasteiger partial charge on any atom is -0.371 e. The molecule has 0 aliphatic carbocycles. The number of rotatable bonds is 16. The lowest BCUT2D eigenvalue weighted by molar-refractivity contribution is -0.114. The molecule has 0 unspecified atom stereocenters. The second-order valence-corrected chi connectivity index (χ2v) is 14.5. The van der Waals surface area contributed by atoms with Crippen LogP contribution < -0.4 is 10.2 Å². The van der Waals surface area contributed by atoms with E-state index in [1.807, 2.05) is 11.0 Å². The minimum atomic E-state index is -4.44. The third-order valence-corrected chi connectivity index (χ3v) is 8.79. The molecule has 0 bridgehead atoms. The molecule has 0 aliphatic heterocycles. The molecule has 1 heterocycles. The van der Waals surface area contributed by atoms with Crippen molar-refractivity contribution in [2.75, 3.05) is 34.8 Å². The predicted molar refractivity (Wildman–Crippen MR) is 167 cm³/mol. The van der Waals surface area contributed by atoms with Crippen LogP contribution in [0.1, 0.15) is 38.2 Å². The molecule has 0 aliphatic rings. The van der Waals surface area contributed by atoms with Gasteiger partial charge in [0.2, 0.25) is 5.91 Å². The Morgan fingerprint density at radius 1 is 0.913 bits per heavy atom. The molecule has 0 saturated heterocycles. The van der Waals surface area contributed by atoms with Crippen molar-refractivity contribution in [3.63, 3.8) is 0 Å². The van der Waals surface area contributed by atoms with Gasteiger partial charge in [0, 0.05) is 25.7 Å². The molecule has 1 aromatic heterocycles.